The van der Waals surface area contributed by atoms with Crippen LogP contribution < -0.4 is 10.1 Å². The van der Waals surface area contributed by atoms with Crippen LogP contribution in [0.2, 0.25) is 5.02 Å². The van der Waals surface area contributed by atoms with E-state index < -0.39 is 6.10 Å². The molecule has 0 amide bonds. The maximum atomic E-state index is 9.76. The second-order valence-corrected chi connectivity index (χ2v) is 5.20. The Morgan fingerprint density at radius 3 is 2.50 bits per heavy atom. The highest BCUT2D eigenvalue weighted by molar-refractivity contribution is 6.30. The van der Waals surface area contributed by atoms with E-state index in [4.69, 9.17) is 21.4 Å². The van der Waals surface area contributed by atoms with Gasteiger partial charge in [-0.2, -0.15) is 0 Å². The predicted octanol–water partition coefficient (Wildman–Crippen LogP) is 2.22. The number of nitrogens with one attached hydrogen (secondary N) is 1. The number of ether oxygens (including phenoxy) is 1. The molecule has 0 bridgehead atoms. The summed E-state index contributed by atoms with van der Waals surface area (Å²) >= 11 is 5.78. The van der Waals surface area contributed by atoms with Gasteiger partial charge in [-0.15, -0.1) is 0 Å². The SMILES string of the molecule is OCCCCCCNCC(O)COc1ccc(Cl)cc1. The Bertz CT molecular complexity index is 345. The zero-order chi connectivity index (χ0) is 14.6. The number of aliphatic hydroxyl groups is 2. The normalized spacial score (nSPS) is 12.3. The third-order valence-corrected chi connectivity index (χ3v) is 3.15. The molecule has 0 radical (unpaired) electrons. The Kier molecular flexibility index (Phi) is 9.41. The van der Waals surface area contributed by atoms with Gasteiger partial charge in [0, 0.05) is 18.2 Å². The van der Waals surface area contributed by atoms with Crippen molar-refractivity contribution in [3.05, 3.63) is 29.3 Å². The zero-order valence-electron chi connectivity index (χ0n) is 11.7. The summed E-state index contributed by atoms with van der Waals surface area (Å²) in [6, 6.07) is 7.08. The Morgan fingerprint density at radius 2 is 1.80 bits per heavy atom. The summed E-state index contributed by atoms with van der Waals surface area (Å²) in [6.07, 6.45) is 3.57. The van der Waals surface area contributed by atoms with E-state index in [-0.39, 0.29) is 13.2 Å². The molecule has 0 aliphatic rings. The first kappa shape index (κ1) is 17.2. The van der Waals surface area contributed by atoms with Crippen LogP contribution in [0.5, 0.6) is 5.75 Å². The number of hydrogen-bond donors (Lipinski definition) is 3. The molecule has 3 N–H and O–H groups in total. The fraction of sp³-hybridized carbons (Fsp3) is 0.600. The van der Waals surface area contributed by atoms with Crippen molar-refractivity contribution in [2.75, 3.05) is 26.3 Å². The van der Waals surface area contributed by atoms with E-state index in [9.17, 15) is 5.11 Å². The van der Waals surface area contributed by atoms with Crippen molar-refractivity contribution in [1.29, 1.82) is 0 Å². The molecule has 5 heteroatoms. The number of hydrogen-bond acceptors (Lipinski definition) is 4. The molecule has 1 atom stereocenters. The molecule has 1 aromatic rings. The van der Waals surface area contributed by atoms with Gasteiger partial charge in [-0.1, -0.05) is 24.4 Å². The van der Waals surface area contributed by atoms with Crippen molar-refractivity contribution in [3.63, 3.8) is 0 Å². The fourth-order valence-electron chi connectivity index (χ4n) is 1.77. The molecule has 4 nitrogen and oxygen atoms in total. The fourth-order valence-corrected chi connectivity index (χ4v) is 1.89. The summed E-state index contributed by atoms with van der Waals surface area (Å²) < 4.78 is 5.46. The minimum absolute atomic E-state index is 0.263. The van der Waals surface area contributed by atoms with Gasteiger partial charge < -0.3 is 20.3 Å². The monoisotopic (exact) mass is 301 g/mol. The smallest absolute Gasteiger partial charge is 0.119 e. The molecule has 0 aromatic heterocycles. The first-order valence-corrected chi connectivity index (χ1v) is 7.48. The van der Waals surface area contributed by atoms with Gasteiger partial charge in [0.15, 0.2) is 0 Å². The summed E-state index contributed by atoms with van der Waals surface area (Å²) in [5.74, 6) is 0.706. The van der Waals surface area contributed by atoms with E-state index in [1.54, 1.807) is 24.3 Å². The minimum atomic E-state index is -0.525. The summed E-state index contributed by atoms with van der Waals surface area (Å²) in [5.41, 5.74) is 0. The number of benzene rings is 1. The lowest BCUT2D eigenvalue weighted by Gasteiger charge is -2.13. The molecule has 1 rings (SSSR count). The standard InChI is InChI=1S/C15H24ClNO3/c16-13-5-7-15(8-6-13)20-12-14(19)11-17-9-3-1-2-4-10-18/h5-8,14,17-19H,1-4,9-12H2. The summed E-state index contributed by atoms with van der Waals surface area (Å²) in [6.45, 7) is 1.93. The molecular weight excluding hydrogens is 278 g/mol. The van der Waals surface area contributed by atoms with Crippen LogP contribution in [-0.2, 0) is 0 Å². The third-order valence-electron chi connectivity index (χ3n) is 2.90. The highest BCUT2D eigenvalue weighted by Crippen LogP contribution is 2.15. The van der Waals surface area contributed by atoms with Gasteiger partial charge in [0.05, 0.1) is 0 Å². The highest BCUT2D eigenvalue weighted by Gasteiger charge is 2.04. The van der Waals surface area contributed by atoms with Crippen LogP contribution in [0.4, 0.5) is 0 Å². The largest absolute Gasteiger partial charge is 0.491 e. The van der Waals surface area contributed by atoms with Crippen LogP contribution in [0.15, 0.2) is 24.3 Å². The van der Waals surface area contributed by atoms with Gasteiger partial charge in [0.2, 0.25) is 0 Å². The predicted molar refractivity (Wildman–Crippen MR) is 81.4 cm³/mol. The summed E-state index contributed by atoms with van der Waals surface area (Å²) in [4.78, 5) is 0. The quantitative estimate of drug-likeness (QED) is 0.549. The lowest BCUT2D eigenvalue weighted by atomic mass is 10.2. The number of rotatable bonds is 11. The number of halogens is 1. The highest BCUT2D eigenvalue weighted by atomic mass is 35.5. The van der Waals surface area contributed by atoms with Gasteiger partial charge in [0.1, 0.15) is 18.5 Å². The van der Waals surface area contributed by atoms with Crippen molar-refractivity contribution in [3.8, 4) is 5.75 Å². The van der Waals surface area contributed by atoms with E-state index in [0.29, 0.717) is 17.3 Å². The third kappa shape index (κ3) is 8.38. The molecule has 20 heavy (non-hydrogen) atoms. The Labute approximate surface area is 125 Å². The molecule has 0 saturated carbocycles. The topological polar surface area (TPSA) is 61.7 Å². The molecule has 0 aliphatic carbocycles. The first-order chi connectivity index (χ1) is 9.72. The van der Waals surface area contributed by atoms with E-state index >= 15 is 0 Å². The minimum Gasteiger partial charge on any atom is -0.491 e. The molecule has 0 aliphatic heterocycles. The summed E-state index contributed by atoms with van der Waals surface area (Å²) in [7, 11) is 0. The Balaban J connectivity index is 2.00. The zero-order valence-corrected chi connectivity index (χ0v) is 12.5. The maximum absolute atomic E-state index is 9.76. The van der Waals surface area contributed by atoms with Crippen LogP contribution in [0.25, 0.3) is 0 Å². The van der Waals surface area contributed by atoms with Crippen LogP contribution in [0.1, 0.15) is 25.7 Å². The molecule has 0 spiro atoms. The van der Waals surface area contributed by atoms with E-state index in [1.165, 1.54) is 0 Å². The first-order valence-electron chi connectivity index (χ1n) is 7.10. The van der Waals surface area contributed by atoms with Crippen molar-refractivity contribution >= 4 is 11.6 Å². The molecule has 114 valence electrons. The molecule has 1 aromatic carbocycles. The lowest BCUT2D eigenvalue weighted by Crippen LogP contribution is -2.32. The molecule has 0 heterocycles. The molecule has 0 saturated heterocycles. The molecule has 1 unspecified atom stereocenters. The van der Waals surface area contributed by atoms with Crippen LogP contribution in [-0.4, -0.2) is 42.6 Å². The average molecular weight is 302 g/mol. The van der Waals surface area contributed by atoms with Crippen molar-refractivity contribution in [2.45, 2.75) is 31.8 Å². The number of unbranched alkanes of at least 4 members (excludes halogenated alkanes) is 3. The van der Waals surface area contributed by atoms with Crippen molar-refractivity contribution in [2.24, 2.45) is 0 Å². The van der Waals surface area contributed by atoms with Gasteiger partial charge >= 0.3 is 0 Å². The summed E-state index contributed by atoms with van der Waals surface area (Å²) in [5, 5.41) is 22.3. The van der Waals surface area contributed by atoms with Crippen molar-refractivity contribution < 1.29 is 14.9 Å². The second kappa shape index (κ2) is 10.9. The van der Waals surface area contributed by atoms with E-state index in [0.717, 1.165) is 32.2 Å². The van der Waals surface area contributed by atoms with Crippen LogP contribution in [0, 0.1) is 0 Å². The van der Waals surface area contributed by atoms with E-state index in [1.807, 2.05) is 0 Å². The van der Waals surface area contributed by atoms with Gasteiger partial charge in [-0.05, 0) is 43.7 Å². The second-order valence-electron chi connectivity index (χ2n) is 4.76. The van der Waals surface area contributed by atoms with Crippen LogP contribution >= 0.6 is 11.6 Å². The van der Waals surface area contributed by atoms with Crippen molar-refractivity contribution in [1.82, 2.24) is 5.32 Å². The van der Waals surface area contributed by atoms with Gasteiger partial charge in [0.25, 0.3) is 0 Å². The molecule has 0 fully saturated rings. The van der Waals surface area contributed by atoms with Crippen LogP contribution in [0.3, 0.4) is 0 Å². The van der Waals surface area contributed by atoms with Gasteiger partial charge in [-0.25, -0.2) is 0 Å². The maximum Gasteiger partial charge on any atom is 0.119 e. The van der Waals surface area contributed by atoms with Gasteiger partial charge in [-0.3, -0.25) is 0 Å². The Morgan fingerprint density at radius 1 is 1.10 bits per heavy atom. The Hall–Kier alpha value is -0.810. The molecular formula is C15H24ClNO3. The average Bonchev–Trinajstić information content (AvgIpc) is 2.46. The van der Waals surface area contributed by atoms with E-state index in [2.05, 4.69) is 5.32 Å². The number of aliphatic hydroxyl groups excluding tert-OH is 2. The lowest BCUT2D eigenvalue weighted by molar-refractivity contribution is 0.106.